The molecule has 1 unspecified atom stereocenters. The normalized spacial score (nSPS) is 12.0. The van der Waals surface area contributed by atoms with Crippen LogP contribution in [-0.4, -0.2) is 81.4 Å². The van der Waals surface area contributed by atoms with Gasteiger partial charge in [-0.2, -0.15) is 0 Å². The topological polar surface area (TPSA) is 164 Å². The van der Waals surface area contributed by atoms with Crippen LogP contribution in [-0.2, 0) is 19.2 Å². The first-order chi connectivity index (χ1) is 9.72. The molecule has 0 aliphatic rings. The van der Waals surface area contributed by atoms with E-state index in [-0.39, 0.29) is 25.9 Å². The van der Waals surface area contributed by atoms with Crippen molar-refractivity contribution in [2.75, 3.05) is 26.2 Å². The van der Waals surface area contributed by atoms with Gasteiger partial charge in [0.1, 0.15) is 6.04 Å². The quantitative estimate of drug-likeness (QED) is 0.282. The Morgan fingerprint density at radius 1 is 0.905 bits per heavy atom. The van der Waals surface area contributed by atoms with E-state index in [0.717, 1.165) is 4.90 Å². The number of rotatable bonds is 12. The van der Waals surface area contributed by atoms with E-state index in [1.54, 1.807) is 0 Å². The van der Waals surface area contributed by atoms with Gasteiger partial charge in [0.25, 0.3) is 0 Å². The maximum atomic E-state index is 10.9. The van der Waals surface area contributed by atoms with Gasteiger partial charge in [-0.3, -0.25) is 24.1 Å². The molecule has 21 heavy (non-hydrogen) atoms. The summed E-state index contributed by atoms with van der Waals surface area (Å²) in [5, 5.41) is 37.2. The van der Waals surface area contributed by atoms with Crippen LogP contribution in [0.15, 0.2) is 0 Å². The summed E-state index contributed by atoms with van der Waals surface area (Å²) in [5.41, 5.74) is 0. The molecule has 0 saturated carbocycles. The Labute approximate surface area is 120 Å². The van der Waals surface area contributed by atoms with E-state index < -0.39 is 43.0 Å². The van der Waals surface area contributed by atoms with Crippen molar-refractivity contribution in [3.8, 4) is 0 Å². The van der Waals surface area contributed by atoms with Crippen molar-refractivity contribution in [1.82, 2.24) is 10.2 Å². The zero-order valence-electron chi connectivity index (χ0n) is 11.2. The minimum Gasteiger partial charge on any atom is -0.481 e. The Hall–Kier alpha value is -2.20. The maximum Gasteiger partial charge on any atom is 0.320 e. The van der Waals surface area contributed by atoms with Gasteiger partial charge in [0, 0.05) is 19.5 Å². The van der Waals surface area contributed by atoms with Crippen LogP contribution in [0, 0.1) is 0 Å². The fourth-order valence-corrected chi connectivity index (χ4v) is 1.57. The molecule has 0 radical (unpaired) electrons. The number of aliphatic carboxylic acids is 4. The summed E-state index contributed by atoms with van der Waals surface area (Å²) in [6.45, 7) is -0.936. The summed E-state index contributed by atoms with van der Waals surface area (Å²) in [6, 6.07) is -1.09. The number of carboxylic acid groups (broad SMARTS) is 4. The molecule has 10 heteroatoms. The summed E-state index contributed by atoms with van der Waals surface area (Å²) >= 11 is 0. The van der Waals surface area contributed by atoms with Crippen LogP contribution in [0.3, 0.4) is 0 Å². The minimum atomic E-state index is -1.22. The molecule has 0 amide bonds. The van der Waals surface area contributed by atoms with Crippen molar-refractivity contribution in [2.45, 2.75) is 18.9 Å². The van der Waals surface area contributed by atoms with Crippen molar-refractivity contribution >= 4 is 23.9 Å². The maximum absolute atomic E-state index is 10.9. The van der Waals surface area contributed by atoms with Crippen LogP contribution in [0.5, 0.6) is 0 Å². The van der Waals surface area contributed by atoms with E-state index in [0.29, 0.717) is 0 Å². The van der Waals surface area contributed by atoms with Crippen LogP contribution >= 0.6 is 0 Å². The first-order valence-corrected chi connectivity index (χ1v) is 6.06. The van der Waals surface area contributed by atoms with Crippen molar-refractivity contribution < 1.29 is 39.6 Å². The molecule has 5 N–H and O–H groups in total. The number of hydrogen-bond donors (Lipinski definition) is 5. The average Bonchev–Trinajstić information content (AvgIpc) is 2.30. The Bertz CT molecular complexity index is 382. The van der Waals surface area contributed by atoms with Crippen LogP contribution in [0.2, 0.25) is 0 Å². The van der Waals surface area contributed by atoms with E-state index in [1.807, 2.05) is 0 Å². The molecule has 120 valence electrons. The zero-order valence-corrected chi connectivity index (χ0v) is 11.2. The molecule has 0 saturated heterocycles. The Balaban J connectivity index is 4.29. The molecular weight excluding hydrogens is 288 g/mol. The van der Waals surface area contributed by atoms with E-state index in [4.69, 9.17) is 20.4 Å². The van der Waals surface area contributed by atoms with Crippen molar-refractivity contribution in [1.29, 1.82) is 0 Å². The highest BCUT2D eigenvalue weighted by atomic mass is 16.4. The van der Waals surface area contributed by atoms with Gasteiger partial charge in [-0.15, -0.1) is 0 Å². The second kappa shape index (κ2) is 9.66. The third kappa shape index (κ3) is 10.3. The Morgan fingerprint density at radius 3 is 1.81 bits per heavy atom. The number of hydrogen-bond acceptors (Lipinski definition) is 6. The summed E-state index contributed by atoms with van der Waals surface area (Å²) in [5.74, 6) is -4.74. The Kier molecular flexibility index (Phi) is 8.65. The van der Waals surface area contributed by atoms with Crippen molar-refractivity contribution in [3.63, 3.8) is 0 Å². The second-order valence-electron chi connectivity index (χ2n) is 4.28. The monoisotopic (exact) mass is 306 g/mol. The smallest absolute Gasteiger partial charge is 0.320 e. The highest BCUT2D eigenvalue weighted by molar-refractivity contribution is 5.75. The molecule has 0 aromatic rings. The summed E-state index contributed by atoms with van der Waals surface area (Å²) in [6.07, 6.45) is -0.444. The van der Waals surface area contributed by atoms with Crippen LogP contribution < -0.4 is 5.32 Å². The van der Waals surface area contributed by atoms with Gasteiger partial charge in [0.05, 0.1) is 13.1 Å². The van der Waals surface area contributed by atoms with Gasteiger partial charge in [0.2, 0.25) is 0 Å². The molecule has 0 fully saturated rings. The number of carboxylic acids is 4. The third-order valence-corrected chi connectivity index (χ3v) is 2.48. The molecule has 0 aromatic carbocycles. The molecule has 10 nitrogen and oxygen atoms in total. The number of nitrogens with zero attached hydrogens (tertiary/aromatic N) is 1. The fourth-order valence-electron chi connectivity index (χ4n) is 1.57. The van der Waals surface area contributed by atoms with Crippen LogP contribution in [0.4, 0.5) is 0 Å². The molecule has 0 rings (SSSR count). The van der Waals surface area contributed by atoms with Crippen molar-refractivity contribution in [3.05, 3.63) is 0 Å². The van der Waals surface area contributed by atoms with Gasteiger partial charge in [-0.25, -0.2) is 0 Å². The molecule has 0 aromatic heterocycles. The second-order valence-corrected chi connectivity index (χ2v) is 4.28. The summed E-state index contributed by atoms with van der Waals surface area (Å²) < 4.78 is 0. The minimum absolute atomic E-state index is 0.00938. The zero-order chi connectivity index (χ0) is 16.4. The molecule has 0 heterocycles. The number of carbonyl (C=O) groups is 4. The molecule has 0 aliphatic carbocycles. The summed E-state index contributed by atoms with van der Waals surface area (Å²) in [4.78, 5) is 43.5. The predicted molar refractivity (Wildman–Crippen MR) is 68.0 cm³/mol. The first-order valence-electron chi connectivity index (χ1n) is 6.06. The van der Waals surface area contributed by atoms with E-state index in [2.05, 4.69) is 5.32 Å². The van der Waals surface area contributed by atoms with Gasteiger partial charge in [0.15, 0.2) is 0 Å². The average molecular weight is 306 g/mol. The lowest BCUT2D eigenvalue weighted by atomic mass is 10.1. The largest absolute Gasteiger partial charge is 0.481 e. The Morgan fingerprint density at radius 2 is 1.43 bits per heavy atom. The molecule has 1 atom stereocenters. The van der Waals surface area contributed by atoms with Crippen molar-refractivity contribution in [2.24, 2.45) is 0 Å². The number of nitrogens with one attached hydrogen (secondary N) is 1. The lowest BCUT2D eigenvalue weighted by Gasteiger charge is -2.20. The lowest BCUT2D eigenvalue weighted by Crippen LogP contribution is -2.44. The fraction of sp³-hybridized carbons (Fsp3) is 0.636. The highest BCUT2D eigenvalue weighted by Crippen LogP contribution is 1.98. The van der Waals surface area contributed by atoms with Crippen LogP contribution in [0.1, 0.15) is 12.8 Å². The van der Waals surface area contributed by atoms with E-state index in [9.17, 15) is 19.2 Å². The van der Waals surface area contributed by atoms with Gasteiger partial charge < -0.3 is 25.7 Å². The summed E-state index contributed by atoms with van der Waals surface area (Å²) in [7, 11) is 0. The predicted octanol–water partition coefficient (Wildman–Crippen LogP) is -1.63. The van der Waals surface area contributed by atoms with Gasteiger partial charge in [-0.1, -0.05) is 0 Å². The SMILES string of the molecule is O=C(O)CCC(NCCN(CC(=O)O)CC(=O)O)C(=O)O. The highest BCUT2D eigenvalue weighted by Gasteiger charge is 2.19. The molecule has 0 spiro atoms. The van der Waals surface area contributed by atoms with Gasteiger partial charge in [-0.05, 0) is 6.42 Å². The lowest BCUT2D eigenvalue weighted by molar-refractivity contribution is -0.143. The van der Waals surface area contributed by atoms with Crippen LogP contribution in [0.25, 0.3) is 0 Å². The molecule has 0 aliphatic heterocycles. The third-order valence-electron chi connectivity index (χ3n) is 2.48. The van der Waals surface area contributed by atoms with E-state index >= 15 is 0 Å². The molecule has 0 bridgehead atoms. The van der Waals surface area contributed by atoms with E-state index in [1.165, 1.54) is 0 Å². The van der Waals surface area contributed by atoms with Gasteiger partial charge >= 0.3 is 23.9 Å². The molecular formula is C11H18N2O8. The standard InChI is InChI=1S/C11H18N2O8/c14-8(15)2-1-7(11(20)21)12-3-4-13(5-9(16)17)6-10(18)19/h7,12H,1-6H2,(H,14,15)(H,16,17)(H,18,19)(H,20,21). The first kappa shape index (κ1) is 18.8.